The van der Waals surface area contributed by atoms with Gasteiger partial charge < -0.3 is 10.6 Å². The largest absolute Gasteiger partial charge is 0.352 e. The number of fused-ring (bicyclic) bond motifs is 1. The normalized spacial score (nSPS) is 18.4. The van der Waals surface area contributed by atoms with E-state index in [9.17, 15) is 13.2 Å². The predicted molar refractivity (Wildman–Crippen MR) is 99.8 cm³/mol. The number of sulfonamides is 1. The van der Waals surface area contributed by atoms with Gasteiger partial charge in [-0.05, 0) is 56.5 Å². The molecule has 1 aromatic rings. The van der Waals surface area contributed by atoms with E-state index in [1.54, 1.807) is 22.5 Å². The highest BCUT2D eigenvalue weighted by Crippen LogP contribution is 2.26. The Labute approximate surface area is 155 Å². The summed E-state index contributed by atoms with van der Waals surface area (Å²) in [6.07, 6.45) is 3.16. The van der Waals surface area contributed by atoms with Gasteiger partial charge in [-0.25, -0.2) is 8.42 Å². The van der Waals surface area contributed by atoms with Crippen LogP contribution >= 0.6 is 12.4 Å². The molecule has 1 aromatic carbocycles. The second-order valence-corrected chi connectivity index (χ2v) is 8.31. The molecule has 2 N–H and O–H groups in total. The minimum Gasteiger partial charge on any atom is -0.352 e. The zero-order chi connectivity index (χ0) is 17.2. The number of carbonyl (C=O) groups is 1. The lowest BCUT2D eigenvalue weighted by atomic mass is 10.0. The van der Waals surface area contributed by atoms with Crippen LogP contribution in [-0.4, -0.2) is 50.9 Å². The molecule has 0 saturated carbocycles. The lowest BCUT2D eigenvalue weighted by Crippen LogP contribution is -2.46. The van der Waals surface area contributed by atoms with Gasteiger partial charge in [-0.2, -0.15) is 4.31 Å². The molecule has 1 fully saturated rings. The predicted octanol–water partition coefficient (Wildman–Crippen LogP) is 1.55. The number of hydrogen-bond acceptors (Lipinski definition) is 4. The zero-order valence-electron chi connectivity index (χ0n) is 14.5. The molecule has 25 heavy (non-hydrogen) atoms. The quantitative estimate of drug-likeness (QED) is 0.803. The Morgan fingerprint density at radius 2 is 1.92 bits per heavy atom. The molecule has 0 bridgehead atoms. The fourth-order valence-electron chi connectivity index (χ4n) is 3.50. The molecular formula is C17H26ClN3O3S. The van der Waals surface area contributed by atoms with Gasteiger partial charge in [0.1, 0.15) is 0 Å². The van der Waals surface area contributed by atoms with Gasteiger partial charge in [0, 0.05) is 24.7 Å². The number of nitrogens with one attached hydrogen (secondary N) is 2. The molecule has 2 aliphatic rings. The van der Waals surface area contributed by atoms with E-state index < -0.39 is 10.0 Å². The van der Waals surface area contributed by atoms with Gasteiger partial charge in [0.2, 0.25) is 10.0 Å². The summed E-state index contributed by atoms with van der Waals surface area (Å²) in [5.74, 6) is -0.183. The maximum Gasteiger partial charge on any atom is 0.251 e. The second-order valence-electron chi connectivity index (χ2n) is 6.42. The van der Waals surface area contributed by atoms with Crippen molar-refractivity contribution in [1.82, 2.24) is 14.9 Å². The van der Waals surface area contributed by atoms with E-state index in [0.29, 0.717) is 18.7 Å². The summed E-state index contributed by atoms with van der Waals surface area (Å²) in [5, 5.41) is 6.05. The molecule has 2 aliphatic heterocycles. The number of nitrogens with zero attached hydrogens (tertiary/aromatic N) is 1. The van der Waals surface area contributed by atoms with Crippen molar-refractivity contribution in [3.63, 3.8) is 0 Å². The Balaban J connectivity index is 0.00000225. The first-order valence-corrected chi connectivity index (χ1v) is 10.1. The third-order valence-electron chi connectivity index (χ3n) is 4.77. The van der Waals surface area contributed by atoms with Crippen molar-refractivity contribution in [2.45, 2.75) is 43.5 Å². The van der Waals surface area contributed by atoms with E-state index in [0.717, 1.165) is 44.3 Å². The Morgan fingerprint density at radius 1 is 1.20 bits per heavy atom. The summed E-state index contributed by atoms with van der Waals surface area (Å²) in [6, 6.07) is 5.01. The Hall–Kier alpha value is -1.15. The van der Waals surface area contributed by atoms with E-state index in [1.165, 1.54) is 0 Å². The zero-order valence-corrected chi connectivity index (χ0v) is 16.1. The van der Waals surface area contributed by atoms with Crippen molar-refractivity contribution in [3.05, 3.63) is 29.3 Å². The number of hydrogen-bond donors (Lipinski definition) is 2. The first kappa shape index (κ1) is 20.2. The van der Waals surface area contributed by atoms with Crippen LogP contribution in [0.25, 0.3) is 0 Å². The monoisotopic (exact) mass is 387 g/mol. The highest BCUT2D eigenvalue weighted by Gasteiger charge is 2.32. The maximum atomic E-state index is 13.2. The molecule has 140 valence electrons. The summed E-state index contributed by atoms with van der Waals surface area (Å²) in [7, 11) is -3.59. The lowest BCUT2D eigenvalue weighted by Gasteiger charge is -2.33. The molecule has 3 rings (SSSR count). The van der Waals surface area contributed by atoms with Gasteiger partial charge in [-0.1, -0.05) is 13.0 Å². The number of benzene rings is 1. The Kier molecular flexibility index (Phi) is 6.85. The molecular weight excluding hydrogens is 362 g/mol. The lowest BCUT2D eigenvalue weighted by molar-refractivity contribution is 0.0945. The van der Waals surface area contributed by atoms with Crippen LogP contribution in [0.3, 0.4) is 0 Å². The number of carbonyl (C=O) groups excluding carboxylic acids is 1. The average Bonchev–Trinajstić information content (AvgIpc) is 2.60. The fraction of sp³-hybridized carbons (Fsp3) is 0.588. The third-order valence-corrected chi connectivity index (χ3v) is 6.72. The Bertz CT molecular complexity index is 718. The molecule has 1 saturated heterocycles. The van der Waals surface area contributed by atoms with Crippen LogP contribution in [0.1, 0.15) is 42.1 Å². The molecule has 0 atom stereocenters. The van der Waals surface area contributed by atoms with Crippen molar-refractivity contribution < 1.29 is 13.2 Å². The highest BCUT2D eigenvalue weighted by atomic mass is 35.5. The topological polar surface area (TPSA) is 78.5 Å². The van der Waals surface area contributed by atoms with Crippen LogP contribution in [0.4, 0.5) is 0 Å². The van der Waals surface area contributed by atoms with Crippen LogP contribution in [-0.2, 0) is 16.4 Å². The van der Waals surface area contributed by atoms with Gasteiger partial charge in [-0.3, -0.25) is 4.79 Å². The van der Waals surface area contributed by atoms with Crippen LogP contribution < -0.4 is 10.6 Å². The second kappa shape index (κ2) is 8.49. The summed E-state index contributed by atoms with van der Waals surface area (Å²) < 4.78 is 28.0. The first-order chi connectivity index (χ1) is 11.5. The number of piperidine rings is 1. The minimum atomic E-state index is -3.59. The number of halogens is 1. The molecule has 8 heteroatoms. The van der Waals surface area contributed by atoms with Crippen LogP contribution in [0, 0.1) is 0 Å². The Morgan fingerprint density at radius 3 is 2.60 bits per heavy atom. The van der Waals surface area contributed by atoms with E-state index in [2.05, 4.69) is 10.6 Å². The summed E-state index contributed by atoms with van der Waals surface area (Å²) in [5.41, 5.74) is 1.41. The van der Waals surface area contributed by atoms with Crippen LogP contribution in [0.2, 0.25) is 0 Å². The molecule has 0 spiro atoms. The van der Waals surface area contributed by atoms with Crippen molar-refractivity contribution in [2.75, 3.05) is 26.2 Å². The average molecular weight is 388 g/mol. The van der Waals surface area contributed by atoms with Crippen molar-refractivity contribution in [1.29, 1.82) is 0 Å². The SMILES string of the molecule is CCCN(C1CCNCC1)S(=O)(=O)c1ccc2c(c1)C(=O)NCC2.Cl. The van der Waals surface area contributed by atoms with E-state index in [4.69, 9.17) is 0 Å². The van der Waals surface area contributed by atoms with Gasteiger partial charge in [0.15, 0.2) is 0 Å². The fourth-order valence-corrected chi connectivity index (χ4v) is 5.30. The number of amides is 1. The van der Waals surface area contributed by atoms with Crippen molar-refractivity contribution in [2.24, 2.45) is 0 Å². The van der Waals surface area contributed by atoms with Crippen LogP contribution in [0.15, 0.2) is 23.1 Å². The van der Waals surface area contributed by atoms with E-state index >= 15 is 0 Å². The molecule has 2 heterocycles. The van der Waals surface area contributed by atoms with E-state index in [-0.39, 0.29) is 29.3 Å². The summed E-state index contributed by atoms with van der Waals surface area (Å²) in [4.78, 5) is 12.3. The highest BCUT2D eigenvalue weighted by molar-refractivity contribution is 7.89. The smallest absolute Gasteiger partial charge is 0.251 e. The molecule has 0 aliphatic carbocycles. The third kappa shape index (κ3) is 4.16. The molecule has 0 radical (unpaired) electrons. The molecule has 6 nitrogen and oxygen atoms in total. The standard InChI is InChI=1S/C17H25N3O3S.ClH/c1-2-11-20(14-6-8-18-9-7-14)24(22,23)15-4-3-13-5-10-19-17(21)16(13)12-15;/h3-4,12,14,18H,2,5-11H2,1H3,(H,19,21);1H. The maximum absolute atomic E-state index is 13.2. The van der Waals surface area contributed by atoms with E-state index in [1.807, 2.05) is 6.92 Å². The summed E-state index contributed by atoms with van der Waals surface area (Å²) in [6.45, 7) is 4.79. The van der Waals surface area contributed by atoms with Gasteiger partial charge in [-0.15, -0.1) is 12.4 Å². The molecule has 0 aromatic heterocycles. The summed E-state index contributed by atoms with van der Waals surface area (Å²) >= 11 is 0. The first-order valence-electron chi connectivity index (χ1n) is 8.67. The van der Waals surface area contributed by atoms with Gasteiger partial charge in [0.05, 0.1) is 4.90 Å². The van der Waals surface area contributed by atoms with Crippen molar-refractivity contribution >= 4 is 28.3 Å². The minimum absolute atomic E-state index is 0. The van der Waals surface area contributed by atoms with Crippen LogP contribution in [0.5, 0.6) is 0 Å². The van der Waals surface area contributed by atoms with Gasteiger partial charge >= 0.3 is 0 Å². The number of rotatable bonds is 5. The molecule has 0 unspecified atom stereocenters. The molecule has 1 amide bonds. The van der Waals surface area contributed by atoms with Crippen molar-refractivity contribution in [3.8, 4) is 0 Å². The van der Waals surface area contributed by atoms with Gasteiger partial charge in [0.25, 0.3) is 5.91 Å².